The Morgan fingerprint density at radius 3 is 2.71 bits per heavy atom. The molecule has 0 saturated carbocycles. The number of ether oxygens (including phenoxy) is 1. The fourth-order valence-corrected chi connectivity index (χ4v) is 4.10. The number of fused-ring (bicyclic) bond motifs is 1. The van der Waals surface area contributed by atoms with Gasteiger partial charge in [-0.05, 0) is 51.0 Å². The maximum atomic E-state index is 12.5. The van der Waals surface area contributed by atoms with Crippen LogP contribution in [0.3, 0.4) is 0 Å². The monoisotopic (exact) mass is 386 g/mol. The summed E-state index contributed by atoms with van der Waals surface area (Å²) in [5.74, 6) is 0.349. The second-order valence-electron chi connectivity index (χ2n) is 7.77. The van der Waals surface area contributed by atoms with Crippen LogP contribution in [0.2, 0.25) is 0 Å². The molecule has 2 saturated heterocycles. The first-order valence-corrected chi connectivity index (χ1v) is 10.4. The topological polar surface area (TPSA) is 70.8 Å². The predicted octanol–water partition coefficient (Wildman–Crippen LogP) is 1.88. The highest BCUT2D eigenvalue weighted by Gasteiger charge is 2.25. The number of rotatable bonds is 7. The van der Waals surface area contributed by atoms with Crippen molar-refractivity contribution in [1.29, 1.82) is 0 Å². The molecule has 2 fully saturated rings. The molecule has 28 heavy (non-hydrogen) atoms. The van der Waals surface area contributed by atoms with Crippen LogP contribution in [-0.2, 0) is 16.1 Å². The van der Waals surface area contributed by atoms with Crippen molar-refractivity contribution in [2.45, 2.75) is 25.8 Å². The number of para-hydroxylation sites is 1. The highest BCUT2D eigenvalue weighted by atomic mass is 16.5. The zero-order chi connectivity index (χ0) is 19.2. The number of nitrogens with zero attached hydrogens (tertiary/aromatic N) is 3. The largest absolute Gasteiger partial charge is 0.379 e. The summed E-state index contributed by atoms with van der Waals surface area (Å²) in [4.78, 5) is 17.2. The van der Waals surface area contributed by atoms with E-state index in [4.69, 9.17) is 9.26 Å². The van der Waals surface area contributed by atoms with E-state index in [2.05, 4.69) is 26.3 Å². The maximum Gasteiger partial charge on any atom is 0.223 e. The van der Waals surface area contributed by atoms with Crippen LogP contribution in [0, 0.1) is 5.92 Å². The fourth-order valence-electron chi connectivity index (χ4n) is 4.10. The molecule has 0 spiro atoms. The van der Waals surface area contributed by atoms with Gasteiger partial charge in [0.2, 0.25) is 5.91 Å². The number of hydrogen-bond acceptors (Lipinski definition) is 6. The smallest absolute Gasteiger partial charge is 0.223 e. The first-order chi connectivity index (χ1) is 13.8. The Morgan fingerprint density at radius 1 is 1.11 bits per heavy atom. The summed E-state index contributed by atoms with van der Waals surface area (Å²) >= 11 is 0. The minimum Gasteiger partial charge on any atom is -0.379 e. The van der Waals surface area contributed by atoms with Gasteiger partial charge in [0.25, 0.3) is 0 Å². The van der Waals surface area contributed by atoms with Gasteiger partial charge in [0.05, 0.1) is 13.2 Å². The molecule has 0 bridgehead atoms. The molecule has 1 N–H and O–H groups in total. The molecule has 4 rings (SSSR count). The number of benzene rings is 1. The second kappa shape index (κ2) is 9.49. The van der Waals surface area contributed by atoms with Gasteiger partial charge in [-0.15, -0.1) is 0 Å². The number of carbonyl (C=O) groups excluding carboxylic acids is 1. The summed E-state index contributed by atoms with van der Waals surface area (Å²) < 4.78 is 10.8. The van der Waals surface area contributed by atoms with Gasteiger partial charge in [-0.1, -0.05) is 17.3 Å². The van der Waals surface area contributed by atoms with Crippen LogP contribution in [0.5, 0.6) is 0 Å². The molecular weight excluding hydrogens is 356 g/mol. The molecule has 2 aliphatic heterocycles. The van der Waals surface area contributed by atoms with E-state index in [0.29, 0.717) is 0 Å². The van der Waals surface area contributed by atoms with Crippen molar-refractivity contribution >= 4 is 16.9 Å². The normalized spacial score (nSPS) is 19.9. The Kier molecular flexibility index (Phi) is 6.57. The maximum absolute atomic E-state index is 12.5. The molecule has 1 amide bonds. The molecule has 0 aliphatic carbocycles. The summed E-state index contributed by atoms with van der Waals surface area (Å²) in [6, 6.07) is 7.97. The average Bonchev–Trinajstić information content (AvgIpc) is 3.15. The first-order valence-electron chi connectivity index (χ1n) is 10.4. The van der Waals surface area contributed by atoms with Gasteiger partial charge in [0, 0.05) is 37.5 Å². The summed E-state index contributed by atoms with van der Waals surface area (Å²) in [6.07, 6.45) is 2.82. The Morgan fingerprint density at radius 2 is 1.89 bits per heavy atom. The minimum absolute atomic E-state index is 0.133. The third-order valence-corrected chi connectivity index (χ3v) is 5.84. The van der Waals surface area contributed by atoms with E-state index < -0.39 is 0 Å². The van der Waals surface area contributed by atoms with Crippen molar-refractivity contribution in [2.24, 2.45) is 5.92 Å². The third-order valence-electron chi connectivity index (χ3n) is 5.84. The van der Waals surface area contributed by atoms with Crippen LogP contribution < -0.4 is 5.32 Å². The van der Waals surface area contributed by atoms with E-state index >= 15 is 0 Å². The number of amides is 1. The van der Waals surface area contributed by atoms with E-state index in [1.54, 1.807) is 0 Å². The van der Waals surface area contributed by atoms with E-state index in [1.807, 2.05) is 18.2 Å². The number of likely N-dealkylation sites (tertiary alicyclic amines) is 1. The Balaban J connectivity index is 1.16. The number of piperidine rings is 1. The van der Waals surface area contributed by atoms with Gasteiger partial charge >= 0.3 is 0 Å². The molecule has 1 aromatic heterocycles. The molecule has 7 heteroatoms. The van der Waals surface area contributed by atoms with Crippen molar-refractivity contribution < 1.29 is 14.1 Å². The molecule has 1 aromatic carbocycles. The van der Waals surface area contributed by atoms with E-state index in [9.17, 15) is 4.79 Å². The quantitative estimate of drug-likeness (QED) is 0.733. The summed E-state index contributed by atoms with van der Waals surface area (Å²) in [5.41, 5.74) is 1.82. The number of morpholine rings is 1. The van der Waals surface area contributed by atoms with Gasteiger partial charge in [-0.2, -0.15) is 0 Å². The van der Waals surface area contributed by atoms with Crippen molar-refractivity contribution in [2.75, 3.05) is 52.5 Å². The van der Waals surface area contributed by atoms with E-state index in [-0.39, 0.29) is 11.8 Å². The van der Waals surface area contributed by atoms with Crippen molar-refractivity contribution in [3.63, 3.8) is 0 Å². The zero-order valence-electron chi connectivity index (χ0n) is 16.4. The van der Waals surface area contributed by atoms with E-state index in [0.717, 1.165) is 95.0 Å². The van der Waals surface area contributed by atoms with Gasteiger partial charge < -0.3 is 14.6 Å². The predicted molar refractivity (Wildman–Crippen MR) is 107 cm³/mol. The Hall–Kier alpha value is -1.96. The van der Waals surface area contributed by atoms with Crippen LogP contribution in [0.25, 0.3) is 11.0 Å². The van der Waals surface area contributed by atoms with Gasteiger partial charge in [-0.25, -0.2) is 0 Å². The first kappa shape index (κ1) is 19.4. The molecule has 3 heterocycles. The minimum atomic E-state index is 0.133. The molecular formula is C21H30N4O3. The number of hydrogen-bond donors (Lipinski definition) is 1. The van der Waals surface area contributed by atoms with Crippen LogP contribution in [0.15, 0.2) is 28.8 Å². The molecule has 0 atom stereocenters. The SMILES string of the molecule is O=C(NCCCN1CCOCC1)C1CCN(Cc2noc3ccccc23)CC1. The van der Waals surface area contributed by atoms with Gasteiger partial charge in [-0.3, -0.25) is 14.6 Å². The third kappa shape index (κ3) is 4.90. The molecule has 0 unspecified atom stereocenters. The molecule has 152 valence electrons. The molecule has 7 nitrogen and oxygen atoms in total. The lowest BCUT2D eigenvalue weighted by Crippen LogP contribution is -2.41. The molecule has 2 aliphatic rings. The number of nitrogens with one attached hydrogen (secondary N) is 1. The van der Waals surface area contributed by atoms with Crippen LogP contribution >= 0.6 is 0 Å². The molecule has 2 aromatic rings. The average molecular weight is 386 g/mol. The lowest BCUT2D eigenvalue weighted by Gasteiger charge is -2.30. The Bertz CT molecular complexity index is 764. The standard InChI is InChI=1S/C21H30N4O3/c26-21(22-8-3-9-24-12-14-27-15-13-24)17-6-10-25(11-7-17)16-19-18-4-1-2-5-20(18)28-23-19/h1-2,4-5,17H,3,6-16H2,(H,22,26). The zero-order valence-corrected chi connectivity index (χ0v) is 16.4. The Labute approximate surface area is 166 Å². The summed E-state index contributed by atoms with van der Waals surface area (Å²) in [6.45, 7) is 8.10. The summed E-state index contributed by atoms with van der Waals surface area (Å²) in [5, 5.41) is 8.44. The second-order valence-corrected chi connectivity index (χ2v) is 7.77. The number of carbonyl (C=O) groups is 1. The van der Waals surface area contributed by atoms with Crippen LogP contribution in [0.4, 0.5) is 0 Å². The van der Waals surface area contributed by atoms with E-state index in [1.165, 1.54) is 0 Å². The van der Waals surface area contributed by atoms with Crippen LogP contribution in [0.1, 0.15) is 25.0 Å². The van der Waals surface area contributed by atoms with Crippen molar-refractivity contribution in [3.05, 3.63) is 30.0 Å². The van der Waals surface area contributed by atoms with Crippen molar-refractivity contribution in [3.8, 4) is 0 Å². The molecule has 0 radical (unpaired) electrons. The lowest BCUT2D eigenvalue weighted by molar-refractivity contribution is -0.126. The van der Waals surface area contributed by atoms with Gasteiger partial charge in [0.1, 0.15) is 5.69 Å². The highest BCUT2D eigenvalue weighted by molar-refractivity contribution is 5.79. The van der Waals surface area contributed by atoms with Crippen LogP contribution in [-0.4, -0.2) is 73.3 Å². The van der Waals surface area contributed by atoms with Gasteiger partial charge in [0.15, 0.2) is 5.58 Å². The summed E-state index contributed by atoms with van der Waals surface area (Å²) in [7, 11) is 0. The fraction of sp³-hybridized carbons (Fsp3) is 0.619. The lowest BCUT2D eigenvalue weighted by atomic mass is 9.95. The number of aromatic nitrogens is 1. The van der Waals surface area contributed by atoms with Crippen molar-refractivity contribution in [1.82, 2.24) is 20.3 Å². The highest BCUT2D eigenvalue weighted by Crippen LogP contribution is 2.23.